The molecule has 0 fully saturated rings. The van der Waals surface area contributed by atoms with Gasteiger partial charge in [0.25, 0.3) is 0 Å². The quantitative estimate of drug-likeness (QED) is 0.105. The highest BCUT2D eigenvalue weighted by Gasteiger charge is 2.31. The van der Waals surface area contributed by atoms with Crippen molar-refractivity contribution in [2.24, 2.45) is 11.5 Å². The Morgan fingerprint density at radius 2 is 1.51 bits per heavy atom. The SMILES string of the molecule is NC(=O)CCC(N)C(=O)NC(CCC(=O)O)C(=O)NC(Cc1cnc[nH]1)C(=O)NC(CO)C(=O)O. The molecular formula is C19H29N7O9. The monoisotopic (exact) mass is 499 g/mol. The second kappa shape index (κ2) is 14.3. The first-order valence-electron chi connectivity index (χ1n) is 10.4. The Hall–Kier alpha value is -4.05. The van der Waals surface area contributed by atoms with Crippen LogP contribution in [0.1, 0.15) is 31.4 Å². The number of aromatic amines is 1. The van der Waals surface area contributed by atoms with Gasteiger partial charge in [-0.3, -0.25) is 24.0 Å². The van der Waals surface area contributed by atoms with Crippen molar-refractivity contribution in [1.29, 1.82) is 0 Å². The summed E-state index contributed by atoms with van der Waals surface area (Å²) in [6.45, 7) is -0.910. The van der Waals surface area contributed by atoms with Crippen molar-refractivity contribution in [2.75, 3.05) is 6.61 Å². The fraction of sp³-hybridized carbons (Fsp3) is 0.526. The summed E-state index contributed by atoms with van der Waals surface area (Å²) in [7, 11) is 0. The van der Waals surface area contributed by atoms with Crippen LogP contribution < -0.4 is 27.4 Å². The van der Waals surface area contributed by atoms with Crippen molar-refractivity contribution in [3.05, 3.63) is 18.2 Å². The molecule has 4 unspecified atom stereocenters. The van der Waals surface area contributed by atoms with Crippen LogP contribution in [0.3, 0.4) is 0 Å². The summed E-state index contributed by atoms with van der Waals surface area (Å²) in [5.41, 5.74) is 11.1. The van der Waals surface area contributed by atoms with Crippen LogP contribution in [0.5, 0.6) is 0 Å². The molecule has 0 saturated carbocycles. The van der Waals surface area contributed by atoms with Crippen LogP contribution in [-0.2, 0) is 35.2 Å². The van der Waals surface area contributed by atoms with Crippen LogP contribution in [0.4, 0.5) is 0 Å². The molecule has 35 heavy (non-hydrogen) atoms. The molecular weight excluding hydrogens is 470 g/mol. The molecule has 0 saturated heterocycles. The van der Waals surface area contributed by atoms with Crippen LogP contribution in [-0.4, -0.2) is 91.6 Å². The maximum Gasteiger partial charge on any atom is 0.328 e. The number of nitrogens with one attached hydrogen (secondary N) is 4. The number of primary amides is 1. The molecule has 0 aliphatic rings. The van der Waals surface area contributed by atoms with Gasteiger partial charge in [0.05, 0.1) is 19.0 Å². The van der Waals surface area contributed by atoms with Gasteiger partial charge in [0.15, 0.2) is 0 Å². The highest BCUT2D eigenvalue weighted by Crippen LogP contribution is 2.05. The molecule has 1 rings (SSSR count). The number of aliphatic hydroxyl groups is 1. The average molecular weight is 499 g/mol. The average Bonchev–Trinajstić information content (AvgIpc) is 3.30. The Morgan fingerprint density at radius 1 is 0.914 bits per heavy atom. The summed E-state index contributed by atoms with van der Waals surface area (Å²) in [5, 5.41) is 33.9. The molecule has 1 heterocycles. The van der Waals surface area contributed by atoms with Gasteiger partial charge in [-0.25, -0.2) is 9.78 Å². The molecule has 4 atom stereocenters. The normalized spacial score (nSPS) is 14.1. The third-order valence-electron chi connectivity index (χ3n) is 4.73. The van der Waals surface area contributed by atoms with Crippen LogP contribution in [0, 0.1) is 0 Å². The van der Waals surface area contributed by atoms with Gasteiger partial charge in [0, 0.05) is 31.2 Å². The van der Waals surface area contributed by atoms with E-state index in [1.807, 2.05) is 0 Å². The molecule has 4 amide bonds. The molecule has 11 N–H and O–H groups in total. The van der Waals surface area contributed by atoms with Crippen molar-refractivity contribution in [1.82, 2.24) is 25.9 Å². The maximum absolute atomic E-state index is 12.9. The van der Waals surface area contributed by atoms with E-state index in [2.05, 4.69) is 25.9 Å². The topological polar surface area (TPSA) is 280 Å². The van der Waals surface area contributed by atoms with E-state index in [0.29, 0.717) is 5.69 Å². The summed E-state index contributed by atoms with van der Waals surface area (Å²) < 4.78 is 0. The van der Waals surface area contributed by atoms with Crippen molar-refractivity contribution in [3.63, 3.8) is 0 Å². The predicted molar refractivity (Wildman–Crippen MR) is 116 cm³/mol. The van der Waals surface area contributed by atoms with Gasteiger partial charge in [-0.15, -0.1) is 0 Å². The molecule has 1 aromatic heterocycles. The molecule has 0 aliphatic heterocycles. The van der Waals surface area contributed by atoms with Crippen LogP contribution in [0.15, 0.2) is 12.5 Å². The zero-order valence-electron chi connectivity index (χ0n) is 18.6. The molecule has 0 aliphatic carbocycles. The van der Waals surface area contributed by atoms with Crippen molar-refractivity contribution < 1.29 is 44.1 Å². The molecule has 0 radical (unpaired) electrons. The van der Waals surface area contributed by atoms with Crippen molar-refractivity contribution in [2.45, 2.75) is 56.3 Å². The fourth-order valence-corrected chi connectivity index (χ4v) is 2.80. The lowest BCUT2D eigenvalue weighted by Crippen LogP contribution is -2.58. The minimum Gasteiger partial charge on any atom is -0.481 e. The zero-order chi connectivity index (χ0) is 26.5. The van der Waals surface area contributed by atoms with Crippen LogP contribution in [0.25, 0.3) is 0 Å². The Balaban J connectivity index is 3.02. The first kappa shape index (κ1) is 29.0. The number of H-pyrrole nitrogens is 1. The number of hydrogen-bond acceptors (Lipinski definition) is 9. The minimum atomic E-state index is -1.64. The Kier molecular flexibility index (Phi) is 11.8. The highest BCUT2D eigenvalue weighted by molar-refractivity contribution is 5.94. The minimum absolute atomic E-state index is 0.114. The third-order valence-corrected chi connectivity index (χ3v) is 4.73. The number of amides is 4. The first-order chi connectivity index (χ1) is 16.4. The number of carbonyl (C=O) groups excluding carboxylic acids is 4. The van der Waals surface area contributed by atoms with Crippen LogP contribution in [0.2, 0.25) is 0 Å². The van der Waals surface area contributed by atoms with E-state index in [0.717, 1.165) is 0 Å². The molecule has 1 aromatic rings. The number of carbonyl (C=O) groups is 6. The summed E-state index contributed by atoms with van der Waals surface area (Å²) >= 11 is 0. The number of carboxylic acid groups (broad SMARTS) is 2. The third kappa shape index (κ3) is 10.6. The fourth-order valence-electron chi connectivity index (χ4n) is 2.80. The summed E-state index contributed by atoms with van der Waals surface area (Å²) in [6, 6.07) is -5.67. The first-order valence-corrected chi connectivity index (χ1v) is 10.4. The molecule has 0 bridgehead atoms. The van der Waals surface area contributed by atoms with Gasteiger partial charge in [-0.1, -0.05) is 0 Å². The number of aromatic nitrogens is 2. The zero-order valence-corrected chi connectivity index (χ0v) is 18.6. The molecule has 16 nitrogen and oxygen atoms in total. The Labute approximate surface area is 198 Å². The summed E-state index contributed by atoms with van der Waals surface area (Å²) in [4.78, 5) is 77.5. The number of nitrogens with two attached hydrogens (primary N) is 2. The number of carboxylic acids is 2. The van der Waals surface area contributed by atoms with Gasteiger partial charge in [0.1, 0.15) is 18.1 Å². The predicted octanol–water partition coefficient (Wildman–Crippen LogP) is -4.06. The molecule has 194 valence electrons. The van der Waals surface area contributed by atoms with E-state index in [-0.39, 0.29) is 25.7 Å². The molecule has 0 aromatic carbocycles. The number of aliphatic carboxylic acids is 2. The highest BCUT2D eigenvalue weighted by atomic mass is 16.4. The Bertz CT molecular complexity index is 906. The number of nitrogens with zero attached hydrogens (tertiary/aromatic N) is 1. The lowest BCUT2D eigenvalue weighted by atomic mass is 10.1. The van der Waals surface area contributed by atoms with E-state index in [1.165, 1.54) is 12.5 Å². The van der Waals surface area contributed by atoms with Crippen molar-refractivity contribution >= 4 is 35.6 Å². The molecule has 0 spiro atoms. The van der Waals surface area contributed by atoms with Gasteiger partial charge in [-0.05, 0) is 12.8 Å². The second-order valence-electron chi connectivity index (χ2n) is 7.53. The second-order valence-corrected chi connectivity index (χ2v) is 7.53. The van der Waals surface area contributed by atoms with Gasteiger partial charge < -0.3 is 47.7 Å². The van der Waals surface area contributed by atoms with Gasteiger partial charge >= 0.3 is 11.9 Å². The van der Waals surface area contributed by atoms with Crippen LogP contribution >= 0.6 is 0 Å². The van der Waals surface area contributed by atoms with Gasteiger partial charge in [0.2, 0.25) is 23.6 Å². The number of aliphatic hydroxyl groups excluding tert-OH is 1. The maximum atomic E-state index is 12.9. The van der Waals surface area contributed by atoms with Crippen molar-refractivity contribution in [3.8, 4) is 0 Å². The lowest BCUT2D eigenvalue weighted by molar-refractivity contribution is -0.143. The smallest absolute Gasteiger partial charge is 0.328 e. The van der Waals surface area contributed by atoms with E-state index < -0.39 is 72.8 Å². The summed E-state index contributed by atoms with van der Waals surface area (Å²) in [5.74, 6) is -6.22. The largest absolute Gasteiger partial charge is 0.481 e. The standard InChI is InChI=1S/C19H29N7O9/c20-10(1-3-14(21)28)16(31)24-11(2-4-15(29)30)17(32)25-12(5-9-6-22-8-23-9)18(33)26-13(7-27)19(34)35/h6,8,10-13,27H,1-5,7,20H2,(H2,21,28)(H,22,23)(H,24,31)(H,25,32)(H,26,33)(H,29,30)(H,34,35). The van der Waals surface area contributed by atoms with E-state index in [9.17, 15) is 28.8 Å². The number of imidazole rings is 1. The number of rotatable bonds is 16. The number of hydrogen-bond donors (Lipinski definition) is 9. The van der Waals surface area contributed by atoms with E-state index >= 15 is 0 Å². The van der Waals surface area contributed by atoms with Gasteiger partial charge in [-0.2, -0.15) is 0 Å². The van der Waals surface area contributed by atoms with E-state index in [4.69, 9.17) is 26.8 Å². The Morgan fingerprint density at radius 3 is 2.03 bits per heavy atom. The lowest BCUT2D eigenvalue weighted by Gasteiger charge is -2.24. The van der Waals surface area contributed by atoms with E-state index in [1.54, 1.807) is 0 Å². The summed E-state index contributed by atoms with van der Waals surface area (Å²) in [6.07, 6.45) is 1.31. The molecule has 16 heteroatoms.